The molecule has 0 saturated heterocycles. The highest BCUT2D eigenvalue weighted by molar-refractivity contribution is 5.40. The highest BCUT2D eigenvalue weighted by Gasteiger charge is 2.17. The third kappa shape index (κ3) is 2.09. The predicted molar refractivity (Wildman–Crippen MR) is 70.3 cm³/mol. The highest BCUT2D eigenvalue weighted by atomic mass is 15.3. The van der Waals surface area contributed by atoms with Crippen LogP contribution in [0.3, 0.4) is 0 Å². The fourth-order valence-electron chi connectivity index (χ4n) is 2.29. The number of pyridine rings is 1. The van der Waals surface area contributed by atoms with E-state index in [0.717, 1.165) is 43.5 Å². The van der Waals surface area contributed by atoms with Crippen LogP contribution >= 0.6 is 0 Å². The molecule has 1 aliphatic heterocycles. The van der Waals surface area contributed by atoms with Crippen LogP contribution in [0.15, 0.2) is 30.6 Å². The zero-order valence-corrected chi connectivity index (χ0v) is 10.5. The number of rotatable bonds is 3. The van der Waals surface area contributed by atoms with Crippen molar-refractivity contribution < 1.29 is 0 Å². The summed E-state index contributed by atoms with van der Waals surface area (Å²) < 4.78 is 2.20. The molecule has 0 bridgehead atoms. The summed E-state index contributed by atoms with van der Waals surface area (Å²) in [5, 5.41) is 3.13. The Labute approximate surface area is 106 Å². The lowest BCUT2D eigenvalue weighted by atomic mass is 10.3. The smallest absolute Gasteiger partial charge is 0.129 e. The molecule has 0 radical (unpaired) electrons. The minimum Gasteiger partial charge on any atom is -0.347 e. The molecular weight excluding hydrogens is 226 g/mol. The SMILES string of the molecule is CNCc1cccc(N2CCn3ccnc3C2)n1. The average Bonchev–Trinajstić information content (AvgIpc) is 2.86. The van der Waals surface area contributed by atoms with Crippen LogP contribution in [0, 0.1) is 0 Å². The van der Waals surface area contributed by atoms with Gasteiger partial charge < -0.3 is 14.8 Å². The van der Waals surface area contributed by atoms with Gasteiger partial charge in [0, 0.05) is 32.0 Å². The molecule has 5 heteroatoms. The van der Waals surface area contributed by atoms with Gasteiger partial charge in [-0.05, 0) is 19.2 Å². The topological polar surface area (TPSA) is 46.0 Å². The average molecular weight is 243 g/mol. The van der Waals surface area contributed by atoms with E-state index in [0.29, 0.717) is 0 Å². The molecule has 1 N–H and O–H groups in total. The molecule has 3 rings (SSSR count). The van der Waals surface area contributed by atoms with Crippen molar-refractivity contribution in [3.8, 4) is 0 Å². The van der Waals surface area contributed by atoms with E-state index in [4.69, 9.17) is 0 Å². The van der Waals surface area contributed by atoms with Crippen molar-refractivity contribution in [1.82, 2.24) is 19.9 Å². The van der Waals surface area contributed by atoms with Crippen LogP contribution < -0.4 is 10.2 Å². The van der Waals surface area contributed by atoms with Crippen molar-refractivity contribution in [2.24, 2.45) is 0 Å². The number of fused-ring (bicyclic) bond motifs is 1. The van der Waals surface area contributed by atoms with Crippen molar-refractivity contribution in [2.45, 2.75) is 19.6 Å². The van der Waals surface area contributed by atoms with Gasteiger partial charge in [0.15, 0.2) is 0 Å². The van der Waals surface area contributed by atoms with Crippen molar-refractivity contribution in [1.29, 1.82) is 0 Å². The molecule has 2 aromatic rings. The fraction of sp³-hybridized carbons (Fsp3) is 0.385. The molecule has 1 aliphatic rings. The normalized spacial score (nSPS) is 14.6. The van der Waals surface area contributed by atoms with Gasteiger partial charge in [0.2, 0.25) is 0 Å². The van der Waals surface area contributed by atoms with Crippen LogP contribution in [0.25, 0.3) is 0 Å². The molecule has 2 aromatic heterocycles. The maximum atomic E-state index is 4.67. The lowest BCUT2D eigenvalue weighted by Gasteiger charge is -2.28. The van der Waals surface area contributed by atoms with Gasteiger partial charge in [-0.1, -0.05) is 6.07 Å². The van der Waals surface area contributed by atoms with E-state index in [2.05, 4.69) is 36.9 Å². The van der Waals surface area contributed by atoms with Gasteiger partial charge in [-0.2, -0.15) is 0 Å². The second-order valence-corrected chi connectivity index (χ2v) is 4.48. The first-order valence-corrected chi connectivity index (χ1v) is 6.22. The monoisotopic (exact) mass is 243 g/mol. The maximum Gasteiger partial charge on any atom is 0.129 e. The van der Waals surface area contributed by atoms with E-state index in [1.807, 2.05) is 25.5 Å². The van der Waals surface area contributed by atoms with Crippen molar-refractivity contribution in [3.63, 3.8) is 0 Å². The quantitative estimate of drug-likeness (QED) is 0.874. The molecular formula is C13H17N5. The number of aromatic nitrogens is 3. The van der Waals surface area contributed by atoms with Crippen molar-refractivity contribution in [2.75, 3.05) is 18.5 Å². The zero-order chi connectivity index (χ0) is 12.4. The summed E-state index contributed by atoms with van der Waals surface area (Å²) in [6.45, 7) is 3.60. The molecule has 0 spiro atoms. The number of hydrogen-bond acceptors (Lipinski definition) is 4. The second kappa shape index (κ2) is 4.78. The third-order valence-electron chi connectivity index (χ3n) is 3.22. The summed E-state index contributed by atoms with van der Waals surface area (Å²) in [7, 11) is 1.94. The lowest BCUT2D eigenvalue weighted by Crippen LogP contribution is -2.34. The number of imidazole rings is 1. The Hall–Kier alpha value is -1.88. The standard InChI is InChI=1S/C13H17N5/c1-14-9-11-3-2-4-12(16-11)18-8-7-17-6-5-15-13(17)10-18/h2-6,14H,7-10H2,1H3. The lowest BCUT2D eigenvalue weighted by molar-refractivity contribution is 0.555. The van der Waals surface area contributed by atoms with Crippen LogP contribution in [0.2, 0.25) is 0 Å². The molecule has 0 saturated carbocycles. The molecule has 5 nitrogen and oxygen atoms in total. The number of nitrogens with zero attached hydrogens (tertiary/aromatic N) is 4. The summed E-state index contributed by atoms with van der Waals surface area (Å²) in [5.74, 6) is 2.15. The summed E-state index contributed by atoms with van der Waals surface area (Å²) in [6.07, 6.45) is 3.90. The van der Waals surface area contributed by atoms with Crippen LogP contribution in [0.5, 0.6) is 0 Å². The van der Waals surface area contributed by atoms with Gasteiger partial charge in [0.25, 0.3) is 0 Å². The molecule has 0 atom stereocenters. The Morgan fingerprint density at radius 2 is 2.28 bits per heavy atom. The largest absolute Gasteiger partial charge is 0.347 e. The van der Waals surface area contributed by atoms with Gasteiger partial charge in [-0.25, -0.2) is 9.97 Å². The molecule has 0 unspecified atom stereocenters. The third-order valence-corrected chi connectivity index (χ3v) is 3.22. The molecule has 0 aliphatic carbocycles. The molecule has 0 fully saturated rings. The van der Waals surface area contributed by atoms with Crippen molar-refractivity contribution in [3.05, 3.63) is 42.1 Å². The van der Waals surface area contributed by atoms with Gasteiger partial charge in [0.1, 0.15) is 11.6 Å². The first kappa shape index (κ1) is 11.2. The van der Waals surface area contributed by atoms with Crippen LogP contribution in [-0.2, 0) is 19.6 Å². The van der Waals surface area contributed by atoms with E-state index in [9.17, 15) is 0 Å². The minimum atomic E-state index is 0.802. The van der Waals surface area contributed by atoms with Crippen molar-refractivity contribution >= 4 is 5.82 Å². The summed E-state index contributed by atoms with van der Waals surface area (Å²) >= 11 is 0. The van der Waals surface area contributed by atoms with E-state index >= 15 is 0 Å². The number of hydrogen-bond donors (Lipinski definition) is 1. The van der Waals surface area contributed by atoms with Gasteiger partial charge >= 0.3 is 0 Å². The van der Waals surface area contributed by atoms with Gasteiger partial charge in [-0.15, -0.1) is 0 Å². The molecule has 3 heterocycles. The Balaban J connectivity index is 1.81. The maximum absolute atomic E-state index is 4.67. The van der Waals surface area contributed by atoms with Crippen LogP contribution in [0.1, 0.15) is 11.5 Å². The Kier molecular flexibility index (Phi) is 2.98. The fourth-order valence-corrected chi connectivity index (χ4v) is 2.29. The Bertz CT molecular complexity index is 534. The predicted octanol–water partition coefficient (Wildman–Crippen LogP) is 1.02. The molecule has 0 aromatic carbocycles. The van der Waals surface area contributed by atoms with E-state index in [1.54, 1.807) is 0 Å². The summed E-state index contributed by atoms with van der Waals surface area (Å²) in [5.41, 5.74) is 1.07. The van der Waals surface area contributed by atoms with E-state index < -0.39 is 0 Å². The molecule has 0 amide bonds. The van der Waals surface area contributed by atoms with Crippen LogP contribution in [0.4, 0.5) is 5.82 Å². The highest BCUT2D eigenvalue weighted by Crippen LogP contribution is 2.18. The summed E-state index contributed by atoms with van der Waals surface area (Å²) in [6, 6.07) is 6.18. The molecule has 94 valence electrons. The van der Waals surface area contributed by atoms with Gasteiger partial charge in [-0.3, -0.25) is 0 Å². The first-order valence-electron chi connectivity index (χ1n) is 6.22. The number of nitrogens with one attached hydrogen (secondary N) is 1. The van der Waals surface area contributed by atoms with Crippen LogP contribution in [-0.4, -0.2) is 28.1 Å². The summed E-state index contributed by atoms with van der Waals surface area (Å²) in [4.78, 5) is 11.3. The van der Waals surface area contributed by atoms with Gasteiger partial charge in [0.05, 0.1) is 12.2 Å². The minimum absolute atomic E-state index is 0.802. The zero-order valence-electron chi connectivity index (χ0n) is 10.5. The molecule has 18 heavy (non-hydrogen) atoms. The Morgan fingerprint density at radius 1 is 1.33 bits per heavy atom. The Morgan fingerprint density at radius 3 is 3.17 bits per heavy atom. The number of anilines is 1. The van der Waals surface area contributed by atoms with E-state index in [-0.39, 0.29) is 0 Å². The first-order chi connectivity index (χ1) is 8.86. The van der Waals surface area contributed by atoms with E-state index in [1.165, 1.54) is 0 Å². The second-order valence-electron chi connectivity index (χ2n) is 4.48.